The Morgan fingerprint density at radius 1 is 1.00 bits per heavy atom. The number of H-pyrrole nitrogens is 1. The van der Waals surface area contributed by atoms with E-state index in [1.165, 1.54) is 42.5 Å². The molecule has 2 aromatic carbocycles. The fraction of sp³-hybridized carbons (Fsp3) is 0.0526. The first-order valence-corrected chi connectivity index (χ1v) is 11.2. The third-order valence-corrected chi connectivity index (χ3v) is 5.66. The van der Waals surface area contributed by atoms with Crippen molar-refractivity contribution in [3.63, 3.8) is 0 Å². The van der Waals surface area contributed by atoms with E-state index >= 15 is 0 Å². The quantitative estimate of drug-likeness (QED) is 0.321. The molecule has 2 aromatic heterocycles. The van der Waals surface area contributed by atoms with Crippen molar-refractivity contribution in [2.75, 3.05) is 0 Å². The molecular formula is C19H11Cl2F3N3O5P. The normalized spacial score (nSPS) is 12.3. The summed E-state index contributed by atoms with van der Waals surface area (Å²) >= 11 is 11.9. The SMILES string of the molecule is O=c1cc(-c2ccc(OP(=O)(O)O)cc2)n2nc(C(F)(F)F)c(-c3ccc(Cl)c(Cl)c3)c2[nH]1. The summed E-state index contributed by atoms with van der Waals surface area (Å²) in [6.45, 7) is 0. The second kappa shape index (κ2) is 8.19. The number of alkyl halides is 3. The first-order chi connectivity index (χ1) is 15.3. The number of aromatic nitrogens is 3. The van der Waals surface area contributed by atoms with Crippen LogP contribution < -0.4 is 10.1 Å². The van der Waals surface area contributed by atoms with E-state index in [0.717, 1.165) is 10.6 Å². The third-order valence-electron chi connectivity index (χ3n) is 4.47. The summed E-state index contributed by atoms with van der Waals surface area (Å²) < 4.78 is 58.0. The summed E-state index contributed by atoms with van der Waals surface area (Å²) in [5.41, 5.74) is -2.34. The summed E-state index contributed by atoms with van der Waals surface area (Å²) in [6.07, 6.45) is -4.87. The number of benzene rings is 2. The predicted molar refractivity (Wildman–Crippen MR) is 114 cm³/mol. The molecule has 0 fully saturated rings. The summed E-state index contributed by atoms with van der Waals surface area (Å²) in [4.78, 5) is 32.5. The van der Waals surface area contributed by atoms with Crippen LogP contribution in [0.15, 0.2) is 53.3 Å². The highest BCUT2D eigenvalue weighted by Crippen LogP contribution is 2.41. The molecule has 172 valence electrons. The molecule has 0 bridgehead atoms. The lowest BCUT2D eigenvalue weighted by Crippen LogP contribution is -2.10. The van der Waals surface area contributed by atoms with Gasteiger partial charge in [-0.3, -0.25) is 14.6 Å². The lowest BCUT2D eigenvalue weighted by Gasteiger charge is -2.09. The molecule has 0 saturated heterocycles. The van der Waals surface area contributed by atoms with Crippen LogP contribution in [-0.4, -0.2) is 24.4 Å². The summed E-state index contributed by atoms with van der Waals surface area (Å²) in [6, 6.07) is 9.92. The molecule has 4 rings (SSSR count). The number of phosphoric ester groups is 1. The molecule has 0 aliphatic carbocycles. The molecule has 33 heavy (non-hydrogen) atoms. The number of halogens is 5. The van der Waals surface area contributed by atoms with Crippen LogP contribution in [0.1, 0.15) is 5.69 Å². The Morgan fingerprint density at radius 3 is 2.21 bits per heavy atom. The fourth-order valence-corrected chi connectivity index (χ4v) is 3.89. The van der Waals surface area contributed by atoms with Gasteiger partial charge in [-0.1, -0.05) is 29.3 Å². The van der Waals surface area contributed by atoms with Crippen LogP contribution in [0.2, 0.25) is 10.0 Å². The number of phosphoric acid groups is 1. The fourth-order valence-electron chi connectivity index (χ4n) is 3.20. The van der Waals surface area contributed by atoms with Crippen molar-refractivity contribution in [1.82, 2.24) is 14.6 Å². The summed E-state index contributed by atoms with van der Waals surface area (Å²) in [7, 11) is -4.80. The highest BCUT2D eigenvalue weighted by Gasteiger charge is 2.39. The molecule has 0 unspecified atom stereocenters. The topological polar surface area (TPSA) is 117 Å². The van der Waals surface area contributed by atoms with Gasteiger partial charge in [0.2, 0.25) is 0 Å². The van der Waals surface area contributed by atoms with Gasteiger partial charge in [0.05, 0.1) is 21.3 Å². The van der Waals surface area contributed by atoms with E-state index in [-0.39, 0.29) is 38.3 Å². The molecule has 0 atom stereocenters. The number of fused-ring (bicyclic) bond motifs is 1. The van der Waals surface area contributed by atoms with Crippen LogP contribution in [0.25, 0.3) is 28.0 Å². The number of aromatic amines is 1. The largest absolute Gasteiger partial charge is 0.524 e. The predicted octanol–water partition coefficient (Wildman–Crippen LogP) is 5.15. The Balaban J connectivity index is 1.97. The van der Waals surface area contributed by atoms with Crippen molar-refractivity contribution >= 4 is 36.7 Å². The van der Waals surface area contributed by atoms with E-state index in [4.69, 9.17) is 33.0 Å². The molecule has 0 saturated carbocycles. The highest BCUT2D eigenvalue weighted by atomic mass is 35.5. The molecule has 8 nitrogen and oxygen atoms in total. The zero-order valence-electron chi connectivity index (χ0n) is 16.0. The van der Waals surface area contributed by atoms with Gasteiger partial charge in [-0.15, -0.1) is 0 Å². The first-order valence-electron chi connectivity index (χ1n) is 8.88. The molecule has 3 N–H and O–H groups in total. The molecule has 14 heteroatoms. The van der Waals surface area contributed by atoms with Gasteiger partial charge < -0.3 is 9.51 Å². The third kappa shape index (κ3) is 4.78. The lowest BCUT2D eigenvalue weighted by atomic mass is 10.1. The Kier molecular flexibility index (Phi) is 5.80. The maximum absolute atomic E-state index is 13.9. The highest BCUT2D eigenvalue weighted by molar-refractivity contribution is 7.46. The van der Waals surface area contributed by atoms with Crippen LogP contribution in [-0.2, 0) is 10.7 Å². The van der Waals surface area contributed by atoms with Gasteiger partial charge in [-0.2, -0.15) is 18.3 Å². The molecule has 0 spiro atoms. The Morgan fingerprint density at radius 2 is 1.64 bits per heavy atom. The van der Waals surface area contributed by atoms with E-state index in [1.807, 2.05) is 0 Å². The molecule has 2 heterocycles. The minimum Gasteiger partial charge on any atom is -0.404 e. The maximum atomic E-state index is 13.9. The standard InChI is InChI=1S/C19H11Cl2F3N3O5P/c20-12-6-3-10(7-13(12)21)16-17(19(22,23)24)26-27-14(8-15(28)25-18(16)27)9-1-4-11(5-2-9)32-33(29,30)31/h1-8H,(H,25,28)(H2,29,30,31). The lowest BCUT2D eigenvalue weighted by molar-refractivity contribution is -0.140. The van der Waals surface area contributed by atoms with E-state index in [0.29, 0.717) is 0 Å². The average molecular weight is 520 g/mol. The molecule has 0 amide bonds. The van der Waals surface area contributed by atoms with Crippen molar-refractivity contribution < 1.29 is 32.0 Å². The maximum Gasteiger partial charge on any atom is 0.524 e. The Hall–Kier alpha value is -2.82. The van der Waals surface area contributed by atoms with Crippen LogP contribution in [0.5, 0.6) is 5.75 Å². The summed E-state index contributed by atoms with van der Waals surface area (Å²) in [5.74, 6) is -0.180. The van der Waals surface area contributed by atoms with Crippen molar-refractivity contribution in [2.45, 2.75) is 6.18 Å². The zero-order valence-corrected chi connectivity index (χ0v) is 18.4. The van der Waals surface area contributed by atoms with Gasteiger partial charge in [0.15, 0.2) is 5.69 Å². The molecule has 4 aromatic rings. The number of hydrogen-bond donors (Lipinski definition) is 3. The molecule has 0 aliphatic rings. The number of hydrogen-bond acceptors (Lipinski definition) is 4. The zero-order chi connectivity index (χ0) is 24.1. The van der Waals surface area contributed by atoms with Gasteiger partial charge >= 0.3 is 14.0 Å². The van der Waals surface area contributed by atoms with Gasteiger partial charge in [0, 0.05) is 11.6 Å². The smallest absolute Gasteiger partial charge is 0.404 e. The van der Waals surface area contributed by atoms with Crippen LogP contribution in [0.4, 0.5) is 13.2 Å². The van der Waals surface area contributed by atoms with Gasteiger partial charge in [0.25, 0.3) is 5.56 Å². The van der Waals surface area contributed by atoms with E-state index in [9.17, 15) is 22.5 Å². The van der Waals surface area contributed by atoms with Crippen LogP contribution in [0.3, 0.4) is 0 Å². The minimum atomic E-state index is -4.87. The van der Waals surface area contributed by atoms with Gasteiger partial charge in [0.1, 0.15) is 11.4 Å². The van der Waals surface area contributed by atoms with Crippen molar-refractivity contribution in [3.05, 3.63) is 74.6 Å². The van der Waals surface area contributed by atoms with Crippen molar-refractivity contribution in [1.29, 1.82) is 0 Å². The van der Waals surface area contributed by atoms with Crippen molar-refractivity contribution in [3.8, 4) is 28.1 Å². The molecular weight excluding hydrogens is 509 g/mol. The number of rotatable bonds is 4. The van der Waals surface area contributed by atoms with E-state index < -0.39 is 30.8 Å². The number of nitrogens with zero attached hydrogens (tertiary/aromatic N) is 2. The second-order valence-corrected chi connectivity index (χ2v) is 8.71. The molecule has 0 radical (unpaired) electrons. The van der Waals surface area contributed by atoms with E-state index in [1.54, 1.807) is 0 Å². The van der Waals surface area contributed by atoms with Gasteiger partial charge in [-0.25, -0.2) is 9.08 Å². The van der Waals surface area contributed by atoms with Crippen molar-refractivity contribution in [2.24, 2.45) is 0 Å². The van der Waals surface area contributed by atoms with Gasteiger partial charge in [-0.05, 0) is 42.0 Å². The second-order valence-electron chi connectivity index (χ2n) is 6.74. The average Bonchev–Trinajstić information content (AvgIpc) is 3.09. The Bertz CT molecular complexity index is 1480. The monoisotopic (exact) mass is 519 g/mol. The van der Waals surface area contributed by atoms with Crippen LogP contribution >= 0.6 is 31.0 Å². The summed E-state index contributed by atoms with van der Waals surface area (Å²) in [5, 5.41) is 3.85. The minimum absolute atomic E-state index is 0.00621. The molecule has 0 aliphatic heterocycles. The Labute approximate surface area is 192 Å². The van der Waals surface area contributed by atoms with E-state index in [2.05, 4.69) is 14.6 Å². The first kappa shape index (κ1) is 23.3. The number of nitrogens with one attached hydrogen (secondary N) is 1. The van der Waals surface area contributed by atoms with Crippen LogP contribution in [0, 0.1) is 0 Å².